The van der Waals surface area contributed by atoms with Gasteiger partial charge in [0.1, 0.15) is 5.82 Å². The highest BCUT2D eigenvalue weighted by Gasteiger charge is 2.13. The molecule has 0 unspecified atom stereocenters. The number of halogens is 2. The molecule has 0 atom stereocenters. The summed E-state index contributed by atoms with van der Waals surface area (Å²) >= 11 is 7.26. The smallest absolute Gasteiger partial charge is 0.221 e. The van der Waals surface area contributed by atoms with E-state index in [-0.39, 0.29) is 23.0 Å². The zero-order valence-electron chi connectivity index (χ0n) is 11.7. The molecule has 0 aromatic heterocycles. The summed E-state index contributed by atoms with van der Waals surface area (Å²) in [6, 6.07) is 11.2. The van der Waals surface area contributed by atoms with Crippen molar-refractivity contribution in [3.63, 3.8) is 0 Å². The van der Waals surface area contributed by atoms with Gasteiger partial charge in [-0.15, -0.1) is 11.8 Å². The number of rotatable bonds is 5. The summed E-state index contributed by atoms with van der Waals surface area (Å²) < 4.78 is 13.9. The van der Waals surface area contributed by atoms with Gasteiger partial charge in [0, 0.05) is 17.5 Å². The maximum Gasteiger partial charge on any atom is 0.221 e. The van der Waals surface area contributed by atoms with E-state index in [0.717, 1.165) is 11.0 Å². The molecule has 0 bridgehead atoms. The first-order valence-corrected chi connectivity index (χ1v) is 7.81. The second-order valence-electron chi connectivity index (χ2n) is 4.52. The lowest BCUT2D eigenvalue weighted by Crippen LogP contribution is -2.09. The number of amides is 1. The SMILES string of the molecule is CC(=O)Nc1ccc(C(=O)CSc2ccccc2Cl)c(F)c1. The predicted octanol–water partition coefficient (Wildman–Crippen LogP) is 4.41. The molecule has 0 spiro atoms. The lowest BCUT2D eigenvalue weighted by Gasteiger charge is -2.07. The summed E-state index contributed by atoms with van der Waals surface area (Å²) in [4.78, 5) is 23.8. The van der Waals surface area contributed by atoms with Crippen LogP contribution in [0.3, 0.4) is 0 Å². The number of benzene rings is 2. The number of hydrogen-bond donors (Lipinski definition) is 1. The molecular weight excluding hydrogens is 325 g/mol. The first-order valence-electron chi connectivity index (χ1n) is 6.45. The molecule has 0 fully saturated rings. The summed E-state index contributed by atoms with van der Waals surface area (Å²) in [6.45, 7) is 1.33. The van der Waals surface area contributed by atoms with Crippen molar-refractivity contribution >= 4 is 40.7 Å². The maximum absolute atomic E-state index is 13.9. The second kappa shape index (κ2) is 7.42. The van der Waals surface area contributed by atoms with Gasteiger partial charge in [0.2, 0.25) is 5.91 Å². The molecule has 3 nitrogen and oxygen atoms in total. The number of ketones is 1. The quantitative estimate of drug-likeness (QED) is 0.649. The van der Waals surface area contributed by atoms with Crippen LogP contribution in [0.1, 0.15) is 17.3 Å². The van der Waals surface area contributed by atoms with Gasteiger partial charge in [0.15, 0.2) is 5.78 Å². The summed E-state index contributed by atoms with van der Waals surface area (Å²) in [5.74, 6) is -1.21. The average molecular weight is 338 g/mol. The van der Waals surface area contributed by atoms with Gasteiger partial charge < -0.3 is 5.32 Å². The number of nitrogens with one attached hydrogen (secondary N) is 1. The van der Waals surface area contributed by atoms with Crippen molar-refractivity contribution < 1.29 is 14.0 Å². The fourth-order valence-corrected chi connectivity index (χ4v) is 2.93. The Labute approximate surface area is 136 Å². The maximum atomic E-state index is 13.9. The van der Waals surface area contributed by atoms with Gasteiger partial charge in [0.05, 0.1) is 16.3 Å². The predicted molar refractivity (Wildman–Crippen MR) is 87.2 cm³/mol. The molecule has 0 aliphatic rings. The summed E-state index contributed by atoms with van der Waals surface area (Å²) in [7, 11) is 0. The lowest BCUT2D eigenvalue weighted by molar-refractivity contribution is -0.114. The third-order valence-corrected chi connectivity index (χ3v) is 4.30. The molecule has 0 heterocycles. The molecule has 2 rings (SSSR count). The van der Waals surface area contributed by atoms with Crippen LogP contribution in [0.4, 0.5) is 10.1 Å². The Balaban J connectivity index is 2.06. The minimum atomic E-state index is -0.656. The Bertz CT molecular complexity index is 721. The Hall–Kier alpha value is -1.85. The van der Waals surface area contributed by atoms with Gasteiger partial charge in [-0.3, -0.25) is 9.59 Å². The molecule has 2 aromatic rings. The monoisotopic (exact) mass is 337 g/mol. The second-order valence-corrected chi connectivity index (χ2v) is 5.94. The summed E-state index contributed by atoms with van der Waals surface area (Å²) in [5, 5.41) is 3.02. The van der Waals surface area contributed by atoms with Crippen LogP contribution in [-0.2, 0) is 4.79 Å². The molecular formula is C16H13ClFNO2S. The number of thioether (sulfide) groups is 1. The highest BCUT2D eigenvalue weighted by Crippen LogP contribution is 2.27. The topological polar surface area (TPSA) is 46.2 Å². The van der Waals surface area contributed by atoms with Crippen LogP contribution in [0.15, 0.2) is 47.4 Å². The standard InChI is InChI=1S/C16H13ClFNO2S/c1-10(20)19-11-6-7-12(14(18)8-11)15(21)9-22-16-5-3-2-4-13(16)17/h2-8H,9H2,1H3,(H,19,20). The van der Waals surface area contributed by atoms with Gasteiger partial charge in [-0.1, -0.05) is 23.7 Å². The fourth-order valence-electron chi connectivity index (χ4n) is 1.81. The molecule has 1 amide bonds. The number of carbonyl (C=O) groups is 2. The molecule has 0 saturated carbocycles. The number of anilines is 1. The van der Waals surface area contributed by atoms with E-state index in [0.29, 0.717) is 10.7 Å². The van der Waals surface area contributed by atoms with Gasteiger partial charge in [-0.2, -0.15) is 0 Å². The first-order chi connectivity index (χ1) is 10.5. The molecule has 0 aliphatic carbocycles. The van der Waals surface area contributed by atoms with Gasteiger partial charge in [0.25, 0.3) is 0 Å². The minimum Gasteiger partial charge on any atom is -0.326 e. The minimum absolute atomic E-state index is 0.00587. The van der Waals surface area contributed by atoms with E-state index in [1.807, 2.05) is 6.07 Å². The summed E-state index contributed by atoms with van der Waals surface area (Å²) in [5.41, 5.74) is 0.314. The third-order valence-electron chi connectivity index (χ3n) is 2.79. The third kappa shape index (κ3) is 4.32. The van der Waals surface area contributed by atoms with Crippen molar-refractivity contribution in [2.45, 2.75) is 11.8 Å². The van der Waals surface area contributed by atoms with Gasteiger partial charge in [-0.25, -0.2) is 4.39 Å². The van der Waals surface area contributed by atoms with Crippen molar-refractivity contribution in [1.82, 2.24) is 0 Å². The van der Waals surface area contributed by atoms with E-state index in [1.54, 1.807) is 18.2 Å². The fraction of sp³-hybridized carbons (Fsp3) is 0.125. The number of hydrogen-bond acceptors (Lipinski definition) is 3. The van der Waals surface area contributed by atoms with E-state index in [4.69, 9.17) is 11.6 Å². The van der Waals surface area contributed by atoms with Crippen molar-refractivity contribution in [2.75, 3.05) is 11.1 Å². The van der Waals surface area contributed by atoms with Crippen molar-refractivity contribution in [3.05, 3.63) is 58.9 Å². The van der Waals surface area contributed by atoms with E-state index >= 15 is 0 Å². The van der Waals surface area contributed by atoms with Crippen LogP contribution in [0.25, 0.3) is 0 Å². The molecule has 0 radical (unpaired) electrons. The zero-order valence-corrected chi connectivity index (χ0v) is 13.3. The largest absolute Gasteiger partial charge is 0.326 e. The van der Waals surface area contributed by atoms with Gasteiger partial charge in [-0.05, 0) is 30.3 Å². The highest BCUT2D eigenvalue weighted by atomic mass is 35.5. The molecule has 1 N–H and O–H groups in total. The lowest BCUT2D eigenvalue weighted by atomic mass is 10.1. The van der Waals surface area contributed by atoms with E-state index in [1.165, 1.54) is 30.8 Å². The Morgan fingerprint density at radius 2 is 1.95 bits per heavy atom. The van der Waals surface area contributed by atoms with Crippen LogP contribution >= 0.6 is 23.4 Å². The number of carbonyl (C=O) groups excluding carboxylic acids is 2. The van der Waals surface area contributed by atoms with Crippen molar-refractivity contribution in [2.24, 2.45) is 0 Å². The Morgan fingerprint density at radius 1 is 1.23 bits per heavy atom. The van der Waals surface area contributed by atoms with Crippen LogP contribution in [0, 0.1) is 5.82 Å². The number of Topliss-reactive ketones (excluding diaryl/α,β-unsaturated/α-hetero) is 1. The van der Waals surface area contributed by atoms with Crippen molar-refractivity contribution in [1.29, 1.82) is 0 Å². The molecule has 114 valence electrons. The van der Waals surface area contributed by atoms with E-state index in [9.17, 15) is 14.0 Å². The first kappa shape index (κ1) is 16.5. The molecule has 22 heavy (non-hydrogen) atoms. The van der Waals surface area contributed by atoms with Crippen LogP contribution in [0.5, 0.6) is 0 Å². The molecule has 0 aliphatic heterocycles. The molecule has 2 aromatic carbocycles. The van der Waals surface area contributed by atoms with Crippen LogP contribution in [-0.4, -0.2) is 17.4 Å². The Kier molecular flexibility index (Phi) is 5.57. The highest BCUT2D eigenvalue weighted by molar-refractivity contribution is 8.00. The van der Waals surface area contributed by atoms with Crippen molar-refractivity contribution in [3.8, 4) is 0 Å². The molecule has 6 heteroatoms. The van der Waals surface area contributed by atoms with E-state index in [2.05, 4.69) is 5.32 Å². The van der Waals surface area contributed by atoms with Crippen LogP contribution in [0.2, 0.25) is 5.02 Å². The average Bonchev–Trinajstić information content (AvgIpc) is 2.45. The summed E-state index contributed by atoms with van der Waals surface area (Å²) in [6.07, 6.45) is 0. The zero-order chi connectivity index (χ0) is 16.1. The van der Waals surface area contributed by atoms with Crippen LogP contribution < -0.4 is 5.32 Å². The van der Waals surface area contributed by atoms with E-state index < -0.39 is 5.82 Å². The Morgan fingerprint density at radius 3 is 2.59 bits per heavy atom. The van der Waals surface area contributed by atoms with Gasteiger partial charge >= 0.3 is 0 Å². The molecule has 0 saturated heterocycles. The normalized spacial score (nSPS) is 10.3.